The maximum Gasteiger partial charge on any atom is 0.246 e. The molecular weight excluding hydrogens is 473 g/mol. The molecule has 2 aromatic rings. The monoisotopic (exact) mass is 499 g/mol. The molecule has 0 radical (unpaired) electrons. The molecule has 9 nitrogen and oxygen atoms in total. The Morgan fingerprint density at radius 3 is 2.39 bits per heavy atom. The van der Waals surface area contributed by atoms with E-state index in [2.05, 4.69) is 10.0 Å². The van der Waals surface area contributed by atoms with Crippen LogP contribution in [0.5, 0.6) is 0 Å². The van der Waals surface area contributed by atoms with Crippen molar-refractivity contribution in [2.45, 2.75) is 30.1 Å². The first-order valence-electron chi connectivity index (χ1n) is 10.2. The van der Waals surface area contributed by atoms with E-state index in [4.69, 9.17) is 4.74 Å². The van der Waals surface area contributed by atoms with Crippen molar-refractivity contribution < 1.29 is 30.8 Å². The number of aryl methyl sites for hydroxylation is 2. The Kier molecular flexibility index (Phi) is 7.85. The molecule has 0 atom stereocenters. The van der Waals surface area contributed by atoms with Crippen LogP contribution in [-0.4, -0.2) is 59.9 Å². The molecule has 180 valence electrons. The van der Waals surface area contributed by atoms with Crippen LogP contribution in [0.2, 0.25) is 0 Å². The predicted molar refractivity (Wildman–Crippen MR) is 120 cm³/mol. The van der Waals surface area contributed by atoms with Gasteiger partial charge in [-0.05, 0) is 55.3 Å². The highest BCUT2D eigenvalue weighted by molar-refractivity contribution is 7.89. The van der Waals surface area contributed by atoms with E-state index in [1.54, 1.807) is 19.1 Å². The molecule has 1 heterocycles. The minimum Gasteiger partial charge on any atom is -0.379 e. The van der Waals surface area contributed by atoms with Gasteiger partial charge in [0.1, 0.15) is 10.7 Å². The quantitative estimate of drug-likeness (QED) is 0.571. The average molecular weight is 500 g/mol. The van der Waals surface area contributed by atoms with Gasteiger partial charge in [-0.3, -0.25) is 4.79 Å². The molecule has 0 aliphatic carbocycles. The number of halogens is 1. The molecule has 1 amide bonds. The van der Waals surface area contributed by atoms with Crippen molar-refractivity contribution in [1.29, 1.82) is 0 Å². The summed E-state index contributed by atoms with van der Waals surface area (Å²) in [4.78, 5) is 11.8. The number of hydrogen-bond acceptors (Lipinski definition) is 6. The van der Waals surface area contributed by atoms with Crippen LogP contribution in [0.15, 0.2) is 46.2 Å². The van der Waals surface area contributed by atoms with Crippen LogP contribution in [0.1, 0.15) is 17.5 Å². The number of rotatable bonds is 8. The van der Waals surface area contributed by atoms with Crippen LogP contribution >= 0.6 is 0 Å². The summed E-state index contributed by atoms with van der Waals surface area (Å²) in [6, 6.07) is 7.99. The molecule has 2 aromatic carbocycles. The molecule has 0 saturated carbocycles. The fourth-order valence-corrected chi connectivity index (χ4v) is 5.81. The van der Waals surface area contributed by atoms with Gasteiger partial charge in [0, 0.05) is 31.7 Å². The lowest BCUT2D eigenvalue weighted by Gasteiger charge is -2.26. The lowest BCUT2D eigenvalue weighted by Crippen LogP contribution is -2.40. The minimum absolute atomic E-state index is 0.0882. The fraction of sp³-hybridized carbons (Fsp3) is 0.381. The highest BCUT2D eigenvalue weighted by Gasteiger charge is 2.29. The summed E-state index contributed by atoms with van der Waals surface area (Å²) in [5.41, 5.74) is 1.88. The number of nitrogens with zero attached hydrogens (tertiary/aromatic N) is 1. The van der Waals surface area contributed by atoms with Gasteiger partial charge in [0.25, 0.3) is 0 Å². The third kappa shape index (κ3) is 6.15. The van der Waals surface area contributed by atoms with Crippen molar-refractivity contribution in [3.05, 3.63) is 53.3 Å². The van der Waals surface area contributed by atoms with Crippen LogP contribution in [0, 0.1) is 19.7 Å². The standard InChI is InChI=1S/C21H26FN3O6S2/c1-15-3-5-18(13-16(15)2)32(27,28)23-8-7-21(26)24-17-4-6-19(22)20(14-17)33(29,30)25-9-11-31-12-10-25/h3-6,13-14,23H,7-12H2,1-2H3,(H,24,26). The smallest absolute Gasteiger partial charge is 0.246 e. The summed E-state index contributed by atoms with van der Waals surface area (Å²) in [5, 5.41) is 2.48. The Morgan fingerprint density at radius 2 is 1.73 bits per heavy atom. The highest BCUT2D eigenvalue weighted by Crippen LogP contribution is 2.24. The van der Waals surface area contributed by atoms with Crippen molar-refractivity contribution in [3.8, 4) is 0 Å². The third-order valence-corrected chi connectivity index (χ3v) is 8.61. The Hall–Kier alpha value is -2.38. The second-order valence-electron chi connectivity index (χ2n) is 7.60. The lowest BCUT2D eigenvalue weighted by atomic mass is 10.1. The number of anilines is 1. The number of amides is 1. The van der Waals surface area contributed by atoms with E-state index in [0.717, 1.165) is 27.6 Å². The van der Waals surface area contributed by atoms with Crippen LogP contribution in [0.4, 0.5) is 10.1 Å². The highest BCUT2D eigenvalue weighted by atomic mass is 32.2. The molecule has 0 bridgehead atoms. The Balaban J connectivity index is 1.62. The number of nitrogens with one attached hydrogen (secondary N) is 2. The second kappa shape index (κ2) is 10.3. The van der Waals surface area contributed by atoms with Crippen molar-refractivity contribution in [1.82, 2.24) is 9.03 Å². The molecule has 1 saturated heterocycles. The van der Waals surface area contributed by atoms with Gasteiger partial charge in [0.2, 0.25) is 26.0 Å². The molecule has 3 rings (SSSR count). The van der Waals surface area contributed by atoms with Crippen LogP contribution in [-0.2, 0) is 29.6 Å². The van der Waals surface area contributed by atoms with E-state index in [0.29, 0.717) is 0 Å². The van der Waals surface area contributed by atoms with E-state index < -0.39 is 36.7 Å². The first-order valence-corrected chi connectivity index (χ1v) is 13.2. The van der Waals surface area contributed by atoms with Gasteiger partial charge in [-0.25, -0.2) is 25.9 Å². The van der Waals surface area contributed by atoms with E-state index in [1.165, 1.54) is 12.1 Å². The summed E-state index contributed by atoms with van der Waals surface area (Å²) in [6.45, 7) is 4.17. The maximum absolute atomic E-state index is 14.3. The second-order valence-corrected chi connectivity index (χ2v) is 11.3. The molecule has 12 heteroatoms. The summed E-state index contributed by atoms with van der Waals surface area (Å²) < 4.78 is 73.2. The number of hydrogen-bond donors (Lipinski definition) is 2. The van der Waals surface area contributed by atoms with Crippen molar-refractivity contribution in [2.24, 2.45) is 0 Å². The molecular formula is C21H26FN3O6S2. The first-order chi connectivity index (χ1) is 15.5. The number of carbonyl (C=O) groups is 1. The van der Waals surface area contributed by atoms with Crippen molar-refractivity contribution in [2.75, 3.05) is 38.2 Å². The largest absolute Gasteiger partial charge is 0.379 e. The minimum atomic E-state index is -4.09. The van der Waals surface area contributed by atoms with Gasteiger partial charge in [0.05, 0.1) is 18.1 Å². The van der Waals surface area contributed by atoms with E-state index in [9.17, 15) is 26.0 Å². The van der Waals surface area contributed by atoms with Crippen molar-refractivity contribution in [3.63, 3.8) is 0 Å². The maximum atomic E-state index is 14.3. The lowest BCUT2D eigenvalue weighted by molar-refractivity contribution is -0.116. The molecule has 2 N–H and O–H groups in total. The Bertz CT molecular complexity index is 1240. The van der Waals surface area contributed by atoms with Gasteiger partial charge in [0.15, 0.2) is 0 Å². The predicted octanol–water partition coefficient (Wildman–Crippen LogP) is 1.77. The third-order valence-electron chi connectivity index (χ3n) is 5.24. The molecule has 1 fully saturated rings. The average Bonchev–Trinajstić information content (AvgIpc) is 2.77. The number of benzene rings is 2. The summed E-state index contributed by atoms with van der Waals surface area (Å²) in [6.07, 6.45) is -0.201. The van der Waals surface area contributed by atoms with Gasteiger partial charge in [-0.1, -0.05) is 6.07 Å². The zero-order valence-corrected chi connectivity index (χ0v) is 19.9. The Labute approximate surface area is 193 Å². The van der Waals surface area contributed by atoms with Gasteiger partial charge < -0.3 is 10.1 Å². The SMILES string of the molecule is Cc1ccc(S(=O)(=O)NCCC(=O)Nc2ccc(F)c(S(=O)(=O)N3CCOCC3)c2)cc1C. The normalized spacial score (nSPS) is 15.4. The molecule has 0 spiro atoms. The first kappa shape index (κ1) is 25.2. The van der Waals surface area contributed by atoms with Crippen molar-refractivity contribution >= 4 is 31.6 Å². The number of ether oxygens (including phenoxy) is 1. The fourth-order valence-electron chi connectivity index (χ4n) is 3.19. The molecule has 33 heavy (non-hydrogen) atoms. The number of sulfonamides is 2. The zero-order chi connectivity index (χ0) is 24.2. The van der Waals surface area contributed by atoms with Crippen LogP contribution in [0.3, 0.4) is 0 Å². The summed E-state index contributed by atoms with van der Waals surface area (Å²) >= 11 is 0. The topological polar surface area (TPSA) is 122 Å². The molecule has 1 aliphatic heterocycles. The number of carbonyl (C=O) groups excluding carboxylic acids is 1. The summed E-state index contributed by atoms with van der Waals surface area (Å²) in [5.74, 6) is -1.49. The van der Waals surface area contributed by atoms with Gasteiger partial charge in [-0.15, -0.1) is 0 Å². The summed E-state index contributed by atoms with van der Waals surface area (Å²) in [7, 11) is -7.88. The molecule has 0 aromatic heterocycles. The zero-order valence-electron chi connectivity index (χ0n) is 18.3. The molecule has 0 unspecified atom stereocenters. The number of morpholine rings is 1. The van der Waals surface area contributed by atoms with Crippen LogP contribution in [0.25, 0.3) is 0 Å². The Morgan fingerprint density at radius 1 is 1.03 bits per heavy atom. The van der Waals surface area contributed by atoms with E-state index in [-0.39, 0.29) is 49.9 Å². The van der Waals surface area contributed by atoms with E-state index in [1.807, 2.05) is 6.92 Å². The van der Waals surface area contributed by atoms with E-state index >= 15 is 0 Å². The van der Waals surface area contributed by atoms with Crippen LogP contribution < -0.4 is 10.0 Å². The molecule has 1 aliphatic rings. The van der Waals surface area contributed by atoms with Gasteiger partial charge in [-0.2, -0.15) is 4.31 Å². The van der Waals surface area contributed by atoms with Gasteiger partial charge >= 0.3 is 0 Å².